The molecule has 4 aliphatic rings. The fourth-order valence-electron chi connectivity index (χ4n) is 8.62. The van der Waals surface area contributed by atoms with Crippen molar-refractivity contribution < 1.29 is 33.7 Å². The molecular weight excluding hydrogens is 460 g/mol. The molecule has 0 aromatic heterocycles. The highest BCUT2D eigenvalue weighted by Gasteiger charge is 2.60. The summed E-state index contributed by atoms with van der Waals surface area (Å²) in [4.78, 5) is 32.8. The minimum atomic E-state index is -1.19. The molecule has 0 bridgehead atoms. The lowest BCUT2D eigenvalue weighted by Gasteiger charge is -2.61. The maximum Gasteiger partial charge on any atom is 0.341 e. The van der Waals surface area contributed by atoms with Crippen LogP contribution in [0.5, 0.6) is 0 Å². The van der Waals surface area contributed by atoms with Crippen LogP contribution in [-0.2, 0) is 28.6 Å². The molecule has 0 amide bonds. The molecule has 4 saturated carbocycles. The minimum absolute atomic E-state index is 0.253. The number of rotatable bonds is 8. The number of hydrogen-bond donors (Lipinski definition) is 1. The van der Waals surface area contributed by atoms with Crippen LogP contribution in [0.2, 0.25) is 0 Å². The Morgan fingerprint density at radius 2 is 1.58 bits per heavy atom. The minimum Gasteiger partial charge on any atom is -0.479 e. The zero-order valence-corrected chi connectivity index (χ0v) is 23.1. The van der Waals surface area contributed by atoms with Gasteiger partial charge in [-0.15, -0.1) is 0 Å². The number of carboxylic acid groups (broad SMARTS) is 1. The number of Topliss-reactive ketones (excluding diaryl/α,β-unsaturated/α-hetero) is 1. The van der Waals surface area contributed by atoms with Crippen LogP contribution in [0.25, 0.3) is 0 Å². The van der Waals surface area contributed by atoms with Crippen molar-refractivity contribution in [1.29, 1.82) is 0 Å². The van der Waals surface area contributed by atoms with Gasteiger partial charge >= 0.3 is 11.9 Å². The predicted molar refractivity (Wildman–Crippen MR) is 136 cm³/mol. The summed E-state index contributed by atoms with van der Waals surface area (Å²) in [5.41, 5.74) is 0.948. The fraction of sp³-hybridized carbons (Fsp3) is 0.897. The SMILES string of the molecule is CC(=O)C1CCC2C3CCC4CC(C)CCC4(C)C3CCC12C.COCCOCC(=O)OCC(=O)O. The van der Waals surface area contributed by atoms with E-state index < -0.39 is 18.5 Å². The predicted octanol–water partition coefficient (Wildman–Crippen LogP) is 5.15. The molecule has 0 saturated heterocycles. The standard InChI is InChI=1S/C22H36O.C7H12O6/c1-14-9-11-21(3)16(13-14)5-6-17-19-8-7-18(15(2)23)22(19,4)12-10-20(17)21;1-11-2-3-12-5-7(10)13-4-6(8)9/h14,16-20H,5-13H2,1-4H3;2-5H2,1H3,(H,8,9). The van der Waals surface area contributed by atoms with Crippen molar-refractivity contribution in [1.82, 2.24) is 0 Å². The second kappa shape index (κ2) is 12.4. The van der Waals surface area contributed by atoms with Gasteiger partial charge in [0.1, 0.15) is 12.4 Å². The highest BCUT2D eigenvalue weighted by Crippen LogP contribution is 2.67. The summed E-state index contributed by atoms with van der Waals surface area (Å²) in [6, 6.07) is 0. The Morgan fingerprint density at radius 1 is 0.889 bits per heavy atom. The van der Waals surface area contributed by atoms with Gasteiger partial charge in [0.15, 0.2) is 6.61 Å². The molecule has 0 heterocycles. The molecule has 206 valence electrons. The van der Waals surface area contributed by atoms with Gasteiger partial charge in [0.05, 0.1) is 13.2 Å². The third-order valence-electron chi connectivity index (χ3n) is 10.4. The van der Waals surface area contributed by atoms with Crippen LogP contribution in [0.1, 0.15) is 85.5 Å². The van der Waals surface area contributed by atoms with E-state index >= 15 is 0 Å². The number of ketones is 1. The summed E-state index contributed by atoms with van der Waals surface area (Å²) < 4.78 is 13.7. The molecule has 8 unspecified atom stereocenters. The van der Waals surface area contributed by atoms with Crippen LogP contribution in [0.3, 0.4) is 0 Å². The van der Waals surface area contributed by atoms with Gasteiger partial charge in [-0.1, -0.05) is 27.2 Å². The van der Waals surface area contributed by atoms with Crippen LogP contribution in [0.4, 0.5) is 0 Å². The highest BCUT2D eigenvalue weighted by atomic mass is 16.6. The van der Waals surface area contributed by atoms with Gasteiger partial charge in [-0.25, -0.2) is 9.59 Å². The van der Waals surface area contributed by atoms with Crippen LogP contribution in [0, 0.1) is 46.3 Å². The number of carboxylic acids is 1. The second-order valence-electron chi connectivity index (χ2n) is 12.4. The lowest BCUT2D eigenvalue weighted by Crippen LogP contribution is -2.53. The van der Waals surface area contributed by atoms with Gasteiger partial charge in [0, 0.05) is 13.0 Å². The Labute approximate surface area is 217 Å². The van der Waals surface area contributed by atoms with Crippen molar-refractivity contribution in [3.8, 4) is 0 Å². The highest BCUT2D eigenvalue weighted by molar-refractivity contribution is 5.79. The molecule has 1 N–H and O–H groups in total. The third kappa shape index (κ3) is 6.32. The molecular formula is C29H48O7. The quantitative estimate of drug-likeness (QED) is 0.358. The maximum atomic E-state index is 12.2. The molecule has 0 spiro atoms. The summed E-state index contributed by atoms with van der Waals surface area (Å²) in [6.45, 7) is 9.22. The molecule has 4 rings (SSSR count). The third-order valence-corrected chi connectivity index (χ3v) is 10.4. The molecule has 8 atom stereocenters. The Hall–Kier alpha value is -1.47. The summed E-state index contributed by atoms with van der Waals surface area (Å²) in [5, 5.41) is 8.13. The summed E-state index contributed by atoms with van der Waals surface area (Å²) in [6.07, 6.45) is 12.6. The zero-order chi connectivity index (χ0) is 26.5. The summed E-state index contributed by atoms with van der Waals surface area (Å²) in [7, 11) is 1.51. The van der Waals surface area contributed by atoms with Gasteiger partial charge in [0.25, 0.3) is 0 Å². The summed E-state index contributed by atoms with van der Waals surface area (Å²) >= 11 is 0. The van der Waals surface area contributed by atoms with Gasteiger partial charge in [-0.3, -0.25) is 4.79 Å². The molecule has 0 aromatic carbocycles. The Bertz CT molecular complexity index is 782. The number of fused-ring (bicyclic) bond motifs is 5. The smallest absolute Gasteiger partial charge is 0.341 e. The number of esters is 1. The van der Waals surface area contributed by atoms with Gasteiger partial charge < -0.3 is 19.3 Å². The second-order valence-corrected chi connectivity index (χ2v) is 12.4. The Morgan fingerprint density at radius 3 is 2.25 bits per heavy atom. The van der Waals surface area contributed by atoms with E-state index in [9.17, 15) is 14.4 Å². The molecule has 4 fully saturated rings. The average molecular weight is 509 g/mol. The van der Waals surface area contributed by atoms with Crippen molar-refractivity contribution in [3.05, 3.63) is 0 Å². The van der Waals surface area contributed by atoms with Crippen LogP contribution < -0.4 is 0 Å². The van der Waals surface area contributed by atoms with Crippen molar-refractivity contribution >= 4 is 17.7 Å². The van der Waals surface area contributed by atoms with E-state index in [1.165, 1.54) is 64.9 Å². The van der Waals surface area contributed by atoms with Gasteiger partial charge in [-0.05, 0) is 98.7 Å². The lowest BCUT2D eigenvalue weighted by molar-refractivity contribution is -0.158. The molecule has 7 heteroatoms. The maximum absolute atomic E-state index is 12.2. The zero-order valence-electron chi connectivity index (χ0n) is 23.1. The normalized spacial score (nSPS) is 39.0. The number of methoxy groups -OCH3 is 1. The molecule has 0 aromatic rings. The van der Waals surface area contributed by atoms with E-state index in [0.29, 0.717) is 29.1 Å². The van der Waals surface area contributed by atoms with Crippen molar-refractivity contribution in [2.45, 2.75) is 85.5 Å². The number of hydrogen-bond acceptors (Lipinski definition) is 6. The monoisotopic (exact) mass is 508 g/mol. The topological polar surface area (TPSA) is 99.1 Å². The molecule has 4 aliphatic carbocycles. The van der Waals surface area contributed by atoms with Crippen molar-refractivity contribution in [2.75, 3.05) is 33.5 Å². The number of carbonyl (C=O) groups excluding carboxylic acids is 2. The van der Waals surface area contributed by atoms with Crippen LogP contribution in [-0.4, -0.2) is 56.4 Å². The number of carbonyl (C=O) groups is 3. The van der Waals surface area contributed by atoms with Gasteiger partial charge in [0.2, 0.25) is 0 Å². The van der Waals surface area contributed by atoms with E-state index in [2.05, 4.69) is 30.2 Å². The van der Waals surface area contributed by atoms with E-state index in [4.69, 9.17) is 9.84 Å². The van der Waals surface area contributed by atoms with Crippen LogP contribution >= 0.6 is 0 Å². The van der Waals surface area contributed by atoms with E-state index in [0.717, 1.165) is 29.6 Å². The first-order chi connectivity index (χ1) is 17.0. The average Bonchev–Trinajstić information content (AvgIpc) is 3.19. The van der Waals surface area contributed by atoms with E-state index in [1.54, 1.807) is 0 Å². The largest absolute Gasteiger partial charge is 0.479 e. The Balaban J connectivity index is 0.000000240. The first-order valence-corrected chi connectivity index (χ1v) is 14.0. The fourth-order valence-corrected chi connectivity index (χ4v) is 8.62. The first kappa shape index (κ1) is 29.1. The van der Waals surface area contributed by atoms with Crippen LogP contribution in [0.15, 0.2) is 0 Å². The Kier molecular flexibility index (Phi) is 10.0. The first-order valence-electron chi connectivity index (χ1n) is 14.0. The molecule has 7 nitrogen and oxygen atoms in total. The van der Waals surface area contributed by atoms with E-state index in [1.807, 2.05) is 6.92 Å². The lowest BCUT2D eigenvalue weighted by atomic mass is 9.44. The molecule has 0 aliphatic heterocycles. The van der Waals surface area contributed by atoms with E-state index in [-0.39, 0.29) is 13.2 Å². The van der Waals surface area contributed by atoms with Crippen molar-refractivity contribution in [2.24, 2.45) is 46.3 Å². The van der Waals surface area contributed by atoms with Gasteiger partial charge in [-0.2, -0.15) is 0 Å². The summed E-state index contributed by atoms with van der Waals surface area (Å²) in [5.74, 6) is 3.61. The molecule has 0 radical (unpaired) electrons. The number of ether oxygens (including phenoxy) is 3. The van der Waals surface area contributed by atoms with Crippen molar-refractivity contribution in [3.63, 3.8) is 0 Å². The number of aliphatic carboxylic acids is 1. The molecule has 36 heavy (non-hydrogen) atoms.